The highest BCUT2D eigenvalue weighted by molar-refractivity contribution is 7.86. The minimum Gasteiger partial charge on any atom is -0.326 e. The molecule has 2 heterocycles. The van der Waals surface area contributed by atoms with Crippen molar-refractivity contribution >= 4 is 21.8 Å². The molecule has 0 bridgehead atoms. The van der Waals surface area contributed by atoms with Gasteiger partial charge in [-0.2, -0.15) is 17.0 Å². The van der Waals surface area contributed by atoms with Crippen LogP contribution in [0.5, 0.6) is 0 Å². The van der Waals surface area contributed by atoms with E-state index in [4.69, 9.17) is 0 Å². The molecule has 3 rings (SSSR count). The number of hydrogen-bond donors (Lipinski definition) is 1. The fraction of sp³-hybridized carbons (Fsp3) is 0.611. The van der Waals surface area contributed by atoms with Gasteiger partial charge in [-0.1, -0.05) is 25.1 Å². The molecule has 2 aliphatic rings. The van der Waals surface area contributed by atoms with Crippen LogP contribution in [0, 0.1) is 11.8 Å². The standard InChI is InChI=1S/C18H27N3O3S/c1-15-6-5-11-21(14-15)25(23,24)20-12-9-16(10-13-20)18(22)19-17-7-3-2-4-8-17/h2-4,7-8,15-16H,5-6,9-14H2,1H3,(H,19,22). The normalized spacial score (nSPS) is 24.1. The van der Waals surface area contributed by atoms with E-state index in [2.05, 4.69) is 12.2 Å². The zero-order valence-electron chi connectivity index (χ0n) is 14.7. The molecule has 25 heavy (non-hydrogen) atoms. The molecule has 2 saturated heterocycles. The molecule has 138 valence electrons. The lowest BCUT2D eigenvalue weighted by Crippen LogP contribution is -2.50. The largest absolute Gasteiger partial charge is 0.326 e. The van der Waals surface area contributed by atoms with Crippen LogP contribution in [-0.2, 0) is 15.0 Å². The number of rotatable bonds is 4. The van der Waals surface area contributed by atoms with Gasteiger partial charge in [-0.3, -0.25) is 4.79 Å². The van der Waals surface area contributed by atoms with Gasteiger partial charge in [0.05, 0.1) is 0 Å². The second-order valence-corrected chi connectivity index (χ2v) is 9.07. The number of nitrogens with one attached hydrogen (secondary N) is 1. The SMILES string of the molecule is CC1CCCN(S(=O)(=O)N2CCC(C(=O)Nc3ccccc3)CC2)C1. The number of nitrogens with zero attached hydrogens (tertiary/aromatic N) is 2. The zero-order chi connectivity index (χ0) is 17.9. The van der Waals surface area contributed by atoms with Crippen LogP contribution >= 0.6 is 0 Å². The number of amides is 1. The summed E-state index contributed by atoms with van der Waals surface area (Å²) < 4.78 is 28.8. The van der Waals surface area contributed by atoms with Crippen LogP contribution in [0.15, 0.2) is 30.3 Å². The summed E-state index contributed by atoms with van der Waals surface area (Å²) in [5.41, 5.74) is 0.782. The van der Waals surface area contributed by atoms with E-state index in [0.717, 1.165) is 18.5 Å². The van der Waals surface area contributed by atoms with Gasteiger partial charge >= 0.3 is 0 Å². The maximum Gasteiger partial charge on any atom is 0.281 e. The fourth-order valence-electron chi connectivity index (χ4n) is 3.63. The number of anilines is 1. The predicted octanol–water partition coefficient (Wildman–Crippen LogP) is 2.31. The second-order valence-electron chi connectivity index (χ2n) is 7.14. The monoisotopic (exact) mass is 365 g/mol. The van der Waals surface area contributed by atoms with E-state index in [1.165, 1.54) is 0 Å². The summed E-state index contributed by atoms with van der Waals surface area (Å²) in [6.45, 7) is 4.15. The molecular weight excluding hydrogens is 338 g/mol. The molecule has 0 spiro atoms. The van der Waals surface area contributed by atoms with Gasteiger partial charge in [0.2, 0.25) is 5.91 Å². The molecule has 1 unspecified atom stereocenters. The molecule has 1 aromatic rings. The minimum atomic E-state index is -3.39. The van der Waals surface area contributed by atoms with E-state index >= 15 is 0 Å². The summed E-state index contributed by atoms with van der Waals surface area (Å²) in [6.07, 6.45) is 3.16. The van der Waals surface area contributed by atoms with Gasteiger partial charge in [-0.15, -0.1) is 0 Å². The first-order chi connectivity index (χ1) is 12.0. The summed E-state index contributed by atoms with van der Waals surface area (Å²) >= 11 is 0. The molecule has 1 aromatic carbocycles. The van der Waals surface area contributed by atoms with Gasteiger partial charge < -0.3 is 5.32 Å². The Morgan fingerprint density at radius 1 is 1.04 bits per heavy atom. The maximum absolute atomic E-state index is 12.8. The van der Waals surface area contributed by atoms with Crippen molar-refractivity contribution in [2.45, 2.75) is 32.6 Å². The number of benzene rings is 1. The third-order valence-electron chi connectivity index (χ3n) is 5.14. The van der Waals surface area contributed by atoms with Crippen molar-refractivity contribution < 1.29 is 13.2 Å². The molecule has 7 heteroatoms. The van der Waals surface area contributed by atoms with E-state index in [-0.39, 0.29) is 11.8 Å². The molecular formula is C18H27N3O3S. The average molecular weight is 365 g/mol. The molecule has 2 fully saturated rings. The lowest BCUT2D eigenvalue weighted by molar-refractivity contribution is -0.120. The van der Waals surface area contributed by atoms with E-state index in [0.29, 0.717) is 44.9 Å². The topological polar surface area (TPSA) is 69.7 Å². The fourth-order valence-corrected chi connectivity index (χ4v) is 5.44. The highest BCUT2D eigenvalue weighted by Gasteiger charge is 2.36. The molecule has 0 aliphatic carbocycles. The summed E-state index contributed by atoms with van der Waals surface area (Å²) in [4.78, 5) is 12.4. The highest BCUT2D eigenvalue weighted by Crippen LogP contribution is 2.25. The van der Waals surface area contributed by atoms with E-state index in [9.17, 15) is 13.2 Å². The Morgan fingerprint density at radius 3 is 2.36 bits per heavy atom. The van der Waals surface area contributed by atoms with Crippen molar-refractivity contribution in [2.75, 3.05) is 31.5 Å². The lowest BCUT2D eigenvalue weighted by Gasteiger charge is -2.37. The molecule has 0 radical (unpaired) electrons. The van der Waals surface area contributed by atoms with Crippen LogP contribution in [0.2, 0.25) is 0 Å². The average Bonchev–Trinajstić information content (AvgIpc) is 2.62. The van der Waals surface area contributed by atoms with Crippen LogP contribution in [0.4, 0.5) is 5.69 Å². The van der Waals surface area contributed by atoms with Crippen molar-refractivity contribution in [3.8, 4) is 0 Å². The molecule has 2 aliphatic heterocycles. The van der Waals surface area contributed by atoms with Crippen LogP contribution in [0.25, 0.3) is 0 Å². The Labute approximate surface area is 150 Å². The van der Waals surface area contributed by atoms with Gasteiger partial charge in [-0.05, 0) is 43.7 Å². The minimum absolute atomic E-state index is 0.0187. The summed E-state index contributed by atoms with van der Waals surface area (Å²) in [5, 5.41) is 2.92. The molecule has 0 aromatic heterocycles. The maximum atomic E-state index is 12.8. The van der Waals surface area contributed by atoms with Crippen molar-refractivity contribution in [2.24, 2.45) is 11.8 Å². The Morgan fingerprint density at radius 2 is 1.72 bits per heavy atom. The zero-order valence-corrected chi connectivity index (χ0v) is 15.5. The van der Waals surface area contributed by atoms with E-state index in [1.54, 1.807) is 8.61 Å². The van der Waals surface area contributed by atoms with Gasteiger partial charge in [0.15, 0.2) is 0 Å². The Kier molecular flexibility index (Phi) is 5.76. The van der Waals surface area contributed by atoms with Crippen LogP contribution in [-0.4, -0.2) is 49.1 Å². The number of carbonyl (C=O) groups excluding carboxylic acids is 1. The van der Waals surface area contributed by atoms with Gasteiger partial charge in [0.25, 0.3) is 10.2 Å². The predicted molar refractivity (Wildman–Crippen MR) is 98.3 cm³/mol. The Balaban J connectivity index is 1.55. The van der Waals surface area contributed by atoms with E-state index < -0.39 is 10.2 Å². The first kappa shape index (κ1) is 18.4. The third kappa shape index (κ3) is 4.40. The smallest absolute Gasteiger partial charge is 0.281 e. The molecule has 1 amide bonds. The van der Waals surface area contributed by atoms with E-state index in [1.807, 2.05) is 30.3 Å². The Hall–Kier alpha value is -1.44. The number of hydrogen-bond acceptors (Lipinski definition) is 3. The molecule has 1 N–H and O–H groups in total. The van der Waals surface area contributed by atoms with Gasteiger partial charge in [-0.25, -0.2) is 0 Å². The quantitative estimate of drug-likeness (QED) is 0.890. The Bertz CT molecular complexity index is 685. The molecule has 0 saturated carbocycles. The number of carbonyl (C=O) groups is 1. The van der Waals surface area contributed by atoms with Crippen molar-refractivity contribution in [1.29, 1.82) is 0 Å². The summed E-state index contributed by atoms with van der Waals surface area (Å²) in [6, 6.07) is 9.37. The van der Waals surface area contributed by atoms with Crippen molar-refractivity contribution in [3.63, 3.8) is 0 Å². The van der Waals surface area contributed by atoms with Gasteiger partial charge in [0.1, 0.15) is 0 Å². The van der Waals surface area contributed by atoms with Gasteiger partial charge in [0, 0.05) is 37.8 Å². The second kappa shape index (κ2) is 7.85. The van der Waals surface area contributed by atoms with Crippen LogP contribution < -0.4 is 5.32 Å². The third-order valence-corrected chi connectivity index (χ3v) is 7.14. The van der Waals surface area contributed by atoms with Crippen molar-refractivity contribution in [1.82, 2.24) is 8.61 Å². The summed E-state index contributed by atoms with van der Waals surface area (Å²) in [7, 11) is -3.39. The highest BCUT2D eigenvalue weighted by atomic mass is 32.2. The number of para-hydroxylation sites is 1. The van der Waals surface area contributed by atoms with Crippen LogP contribution in [0.1, 0.15) is 32.6 Å². The lowest BCUT2D eigenvalue weighted by atomic mass is 9.97. The van der Waals surface area contributed by atoms with Crippen LogP contribution in [0.3, 0.4) is 0 Å². The number of piperidine rings is 2. The first-order valence-corrected chi connectivity index (χ1v) is 10.5. The van der Waals surface area contributed by atoms with Crippen molar-refractivity contribution in [3.05, 3.63) is 30.3 Å². The first-order valence-electron chi connectivity index (χ1n) is 9.08. The molecule has 1 atom stereocenters. The molecule has 6 nitrogen and oxygen atoms in total. The summed E-state index contributed by atoms with van der Waals surface area (Å²) in [5.74, 6) is 0.263.